The second kappa shape index (κ2) is 9.26. The predicted molar refractivity (Wildman–Crippen MR) is 113 cm³/mol. The average Bonchev–Trinajstić information content (AvgIpc) is 2.68. The number of aromatic nitrogens is 1. The summed E-state index contributed by atoms with van der Waals surface area (Å²) in [5.41, 5.74) is 1.71. The highest BCUT2D eigenvalue weighted by atomic mass is 35.5. The Labute approximate surface area is 172 Å². The zero-order valence-electron chi connectivity index (χ0n) is 15.3. The Morgan fingerprint density at radius 3 is 2.71 bits per heavy atom. The van der Waals surface area contributed by atoms with Gasteiger partial charge < -0.3 is 10.4 Å². The van der Waals surface area contributed by atoms with Gasteiger partial charge in [0.1, 0.15) is 22.6 Å². The van der Waals surface area contributed by atoms with Crippen molar-refractivity contribution in [2.75, 3.05) is 12.0 Å². The van der Waals surface area contributed by atoms with Crippen molar-refractivity contribution in [1.82, 2.24) is 10.3 Å². The molecule has 3 aromatic rings. The van der Waals surface area contributed by atoms with Gasteiger partial charge in [-0.3, -0.25) is 9.78 Å². The van der Waals surface area contributed by atoms with E-state index in [2.05, 4.69) is 10.3 Å². The van der Waals surface area contributed by atoms with Crippen LogP contribution in [-0.2, 0) is 13.0 Å². The number of fused-ring (bicyclic) bond motifs is 1. The second-order valence-electron chi connectivity index (χ2n) is 6.40. The molecule has 0 bridgehead atoms. The van der Waals surface area contributed by atoms with Crippen molar-refractivity contribution in [3.8, 4) is 5.75 Å². The van der Waals surface area contributed by atoms with Crippen molar-refractivity contribution in [3.63, 3.8) is 0 Å². The molecule has 1 aromatic heterocycles. The number of thioether (sulfide) groups is 1. The van der Waals surface area contributed by atoms with Gasteiger partial charge in [0, 0.05) is 23.2 Å². The molecule has 146 valence electrons. The molecule has 0 aliphatic heterocycles. The summed E-state index contributed by atoms with van der Waals surface area (Å²) in [6.07, 6.45) is 4.82. The minimum atomic E-state index is -0.500. The van der Waals surface area contributed by atoms with Crippen molar-refractivity contribution in [1.29, 1.82) is 0 Å². The Hall–Kier alpha value is -2.31. The summed E-state index contributed by atoms with van der Waals surface area (Å²) in [5, 5.41) is 14.2. The van der Waals surface area contributed by atoms with E-state index in [0.29, 0.717) is 11.4 Å². The van der Waals surface area contributed by atoms with Crippen molar-refractivity contribution in [3.05, 3.63) is 70.1 Å². The summed E-state index contributed by atoms with van der Waals surface area (Å²) in [6, 6.07) is 10.2. The molecule has 2 aromatic carbocycles. The minimum absolute atomic E-state index is 0.0159. The maximum atomic E-state index is 14.4. The summed E-state index contributed by atoms with van der Waals surface area (Å²) in [5.74, 6) is -0.267. The van der Waals surface area contributed by atoms with Gasteiger partial charge in [0.2, 0.25) is 0 Å². The quantitative estimate of drug-likeness (QED) is 0.532. The topological polar surface area (TPSA) is 62.2 Å². The molecular weight excluding hydrogens is 399 g/mol. The second-order valence-corrected chi connectivity index (χ2v) is 7.82. The van der Waals surface area contributed by atoms with Crippen molar-refractivity contribution >= 4 is 40.2 Å². The highest BCUT2D eigenvalue weighted by Gasteiger charge is 2.17. The fraction of sp³-hybridized carbons (Fsp3) is 0.238. The highest BCUT2D eigenvalue weighted by molar-refractivity contribution is 7.98. The molecule has 0 fully saturated rings. The van der Waals surface area contributed by atoms with E-state index in [9.17, 15) is 14.3 Å². The van der Waals surface area contributed by atoms with Crippen LogP contribution in [0.4, 0.5) is 4.39 Å². The molecule has 0 radical (unpaired) electrons. The van der Waals surface area contributed by atoms with Crippen LogP contribution >= 0.6 is 23.4 Å². The third-order valence-electron chi connectivity index (χ3n) is 4.38. The number of rotatable bonds is 7. The molecule has 1 heterocycles. The summed E-state index contributed by atoms with van der Waals surface area (Å²) >= 11 is 7.58. The first-order chi connectivity index (χ1) is 13.5. The molecule has 3 rings (SSSR count). The number of benzene rings is 2. The van der Waals surface area contributed by atoms with Crippen LogP contribution in [0.2, 0.25) is 5.02 Å². The van der Waals surface area contributed by atoms with Gasteiger partial charge >= 0.3 is 0 Å². The van der Waals surface area contributed by atoms with E-state index >= 15 is 0 Å². The Balaban J connectivity index is 1.83. The van der Waals surface area contributed by atoms with Crippen LogP contribution in [0.3, 0.4) is 0 Å². The molecule has 0 aliphatic carbocycles. The lowest BCUT2D eigenvalue weighted by atomic mass is 10.0. The van der Waals surface area contributed by atoms with Gasteiger partial charge in [-0.05, 0) is 60.2 Å². The van der Waals surface area contributed by atoms with Gasteiger partial charge in [-0.15, -0.1) is 0 Å². The number of pyridine rings is 1. The fourth-order valence-corrected chi connectivity index (χ4v) is 3.47. The highest BCUT2D eigenvalue weighted by Crippen LogP contribution is 2.30. The number of carbonyl (C=O) groups excluding carboxylic acids is 1. The third kappa shape index (κ3) is 4.75. The number of hydrogen-bond donors (Lipinski definition) is 2. The number of nitrogens with one attached hydrogen (secondary N) is 1. The zero-order chi connectivity index (χ0) is 20.1. The normalized spacial score (nSPS) is 11.0. The Kier molecular flexibility index (Phi) is 6.75. The molecule has 0 unspecified atom stereocenters. The van der Waals surface area contributed by atoms with Crippen LogP contribution in [0, 0.1) is 5.82 Å². The monoisotopic (exact) mass is 418 g/mol. The largest absolute Gasteiger partial charge is 0.506 e. The number of hydrogen-bond acceptors (Lipinski definition) is 4. The Morgan fingerprint density at radius 2 is 2.00 bits per heavy atom. The number of aromatic hydroxyl groups is 1. The van der Waals surface area contributed by atoms with Gasteiger partial charge in [0.15, 0.2) is 0 Å². The molecule has 1 amide bonds. The first kappa shape index (κ1) is 20.4. The first-order valence-electron chi connectivity index (χ1n) is 8.81. The van der Waals surface area contributed by atoms with Crippen LogP contribution in [0.5, 0.6) is 5.75 Å². The molecule has 28 heavy (non-hydrogen) atoms. The molecular formula is C21H20ClFN2O2S. The van der Waals surface area contributed by atoms with Crippen molar-refractivity contribution in [2.24, 2.45) is 0 Å². The van der Waals surface area contributed by atoms with Gasteiger partial charge in [-0.2, -0.15) is 11.8 Å². The van der Waals surface area contributed by atoms with E-state index in [4.69, 9.17) is 11.6 Å². The van der Waals surface area contributed by atoms with Gasteiger partial charge in [-0.25, -0.2) is 4.39 Å². The van der Waals surface area contributed by atoms with E-state index < -0.39 is 11.7 Å². The standard InChI is InChI=1S/C21H20ClFN2O2S/c1-28-8-2-3-14-9-16-19(18(23)10-14)24-12-17(20(16)26)21(27)25-11-13-4-6-15(22)7-5-13/h4-7,9-10,12H,2-3,8,11H2,1H3,(H,24,26)(H,25,27). The van der Waals surface area contributed by atoms with Crippen LogP contribution in [-0.4, -0.2) is 28.0 Å². The van der Waals surface area contributed by atoms with Crippen LogP contribution in [0.1, 0.15) is 27.9 Å². The van der Waals surface area contributed by atoms with E-state index in [1.165, 1.54) is 12.3 Å². The smallest absolute Gasteiger partial charge is 0.256 e. The number of nitrogens with zero attached hydrogens (tertiary/aromatic N) is 1. The van der Waals surface area contributed by atoms with E-state index in [1.807, 2.05) is 6.26 Å². The van der Waals surface area contributed by atoms with E-state index in [-0.39, 0.29) is 28.8 Å². The Bertz CT molecular complexity index is 996. The number of carbonyl (C=O) groups is 1. The van der Waals surface area contributed by atoms with Gasteiger partial charge in [0.25, 0.3) is 5.91 Å². The molecule has 7 heteroatoms. The number of aryl methyl sites for hydroxylation is 1. The summed E-state index contributed by atoms with van der Waals surface area (Å²) in [7, 11) is 0. The fourth-order valence-electron chi connectivity index (χ4n) is 2.91. The van der Waals surface area contributed by atoms with Crippen LogP contribution < -0.4 is 5.32 Å². The minimum Gasteiger partial charge on any atom is -0.506 e. The Morgan fingerprint density at radius 1 is 1.25 bits per heavy atom. The van der Waals surface area contributed by atoms with E-state index in [1.54, 1.807) is 42.1 Å². The molecule has 2 N–H and O–H groups in total. The van der Waals surface area contributed by atoms with Crippen molar-refractivity contribution < 1.29 is 14.3 Å². The lowest BCUT2D eigenvalue weighted by Gasteiger charge is -2.11. The maximum absolute atomic E-state index is 14.4. The van der Waals surface area contributed by atoms with E-state index in [0.717, 1.165) is 23.3 Å². The first-order valence-corrected chi connectivity index (χ1v) is 10.6. The lowest BCUT2D eigenvalue weighted by Crippen LogP contribution is -2.23. The van der Waals surface area contributed by atoms with Gasteiger partial charge in [-0.1, -0.05) is 23.7 Å². The zero-order valence-corrected chi connectivity index (χ0v) is 16.9. The van der Waals surface area contributed by atoms with Crippen LogP contribution in [0.25, 0.3) is 10.9 Å². The predicted octanol–water partition coefficient (Wildman–Crippen LogP) is 4.96. The third-order valence-corrected chi connectivity index (χ3v) is 5.33. The SMILES string of the molecule is CSCCCc1cc(F)c2ncc(C(=O)NCc3ccc(Cl)cc3)c(O)c2c1. The molecule has 0 spiro atoms. The molecule has 0 aliphatic rings. The molecule has 0 saturated carbocycles. The average molecular weight is 419 g/mol. The van der Waals surface area contributed by atoms with Crippen molar-refractivity contribution in [2.45, 2.75) is 19.4 Å². The molecule has 0 atom stereocenters. The molecule has 4 nitrogen and oxygen atoms in total. The van der Waals surface area contributed by atoms with Gasteiger partial charge in [0.05, 0.1) is 0 Å². The number of halogens is 2. The summed E-state index contributed by atoms with van der Waals surface area (Å²) in [4.78, 5) is 16.5. The maximum Gasteiger partial charge on any atom is 0.256 e. The summed E-state index contributed by atoms with van der Waals surface area (Å²) in [6.45, 7) is 0.274. The summed E-state index contributed by atoms with van der Waals surface area (Å²) < 4.78 is 14.4. The van der Waals surface area contributed by atoms with Crippen LogP contribution in [0.15, 0.2) is 42.6 Å². The lowest BCUT2D eigenvalue weighted by molar-refractivity contribution is 0.0948. The molecule has 0 saturated heterocycles. The number of amides is 1.